The smallest absolute Gasteiger partial charge is 0.122 e. The molecule has 1 aromatic carbocycles. The van der Waals surface area contributed by atoms with Crippen LogP contribution in [-0.2, 0) is 0 Å². The van der Waals surface area contributed by atoms with E-state index in [0.717, 1.165) is 12.3 Å². The van der Waals surface area contributed by atoms with Crippen LogP contribution in [0.3, 0.4) is 0 Å². The van der Waals surface area contributed by atoms with Crippen LogP contribution in [0.15, 0.2) is 10.5 Å². The van der Waals surface area contributed by atoms with Crippen LogP contribution in [0, 0.1) is 6.92 Å². The number of nitrogens with one attached hydrogen (secondary N) is 1. The Balaban J connectivity index is 2.61. The molecule has 0 aliphatic heterocycles. The summed E-state index contributed by atoms with van der Waals surface area (Å²) in [6, 6.07) is 2.60. The number of fused-ring (bicyclic) bond motifs is 1. The summed E-state index contributed by atoms with van der Waals surface area (Å²) in [5, 5.41) is 3.60. The van der Waals surface area contributed by atoms with Crippen LogP contribution in [0.2, 0.25) is 0 Å². The van der Waals surface area contributed by atoms with Gasteiger partial charge in [-0.05, 0) is 49.4 Å². The highest BCUT2D eigenvalue weighted by molar-refractivity contribution is 9.10. The fourth-order valence-electron chi connectivity index (χ4n) is 2.97. The van der Waals surface area contributed by atoms with E-state index in [1.165, 1.54) is 34.0 Å². The molecule has 0 aromatic heterocycles. The van der Waals surface area contributed by atoms with E-state index in [-0.39, 0.29) is 0 Å². The Morgan fingerprint density at radius 2 is 2.11 bits per heavy atom. The lowest BCUT2D eigenvalue weighted by Gasteiger charge is -2.33. The van der Waals surface area contributed by atoms with Crippen LogP contribution in [0.4, 0.5) is 0 Å². The molecule has 2 nitrogen and oxygen atoms in total. The molecule has 2 unspecified atom stereocenters. The molecule has 0 saturated heterocycles. The molecule has 0 bridgehead atoms. The van der Waals surface area contributed by atoms with Gasteiger partial charge in [-0.3, -0.25) is 0 Å². The Kier molecular flexibility index (Phi) is 4.33. The Morgan fingerprint density at radius 1 is 1.39 bits per heavy atom. The molecule has 1 aliphatic rings. The third-order valence-corrected chi connectivity index (χ3v) is 4.94. The van der Waals surface area contributed by atoms with Crippen LogP contribution in [0.1, 0.15) is 55.3 Å². The van der Waals surface area contributed by atoms with E-state index in [0.29, 0.717) is 12.0 Å². The standard InChI is InChI=1S/C15H22BrNO/c1-5-17-11-7-6-9(2)13-12(18-4)8-10(3)15(16)14(11)13/h8-9,11,17H,5-7H2,1-4H3. The minimum absolute atomic E-state index is 0.448. The molecule has 18 heavy (non-hydrogen) atoms. The molecular formula is C15H22BrNO. The van der Waals surface area contributed by atoms with E-state index in [1.54, 1.807) is 7.11 Å². The molecule has 2 rings (SSSR count). The predicted molar refractivity (Wildman–Crippen MR) is 79.5 cm³/mol. The lowest BCUT2D eigenvalue weighted by atomic mass is 9.79. The van der Waals surface area contributed by atoms with Crippen LogP contribution in [-0.4, -0.2) is 13.7 Å². The molecular weight excluding hydrogens is 290 g/mol. The van der Waals surface area contributed by atoms with Crippen LogP contribution in [0.25, 0.3) is 0 Å². The molecule has 0 fully saturated rings. The highest BCUT2D eigenvalue weighted by Gasteiger charge is 2.30. The monoisotopic (exact) mass is 311 g/mol. The molecule has 1 aromatic rings. The minimum atomic E-state index is 0.448. The van der Waals surface area contributed by atoms with Crippen molar-refractivity contribution < 1.29 is 4.74 Å². The van der Waals surface area contributed by atoms with Crippen molar-refractivity contribution in [1.29, 1.82) is 0 Å². The van der Waals surface area contributed by atoms with Gasteiger partial charge in [-0.15, -0.1) is 0 Å². The van der Waals surface area contributed by atoms with E-state index in [9.17, 15) is 0 Å². The van der Waals surface area contributed by atoms with Gasteiger partial charge >= 0.3 is 0 Å². The zero-order valence-corrected chi connectivity index (χ0v) is 13.2. The van der Waals surface area contributed by atoms with E-state index in [2.05, 4.69) is 48.1 Å². The average molecular weight is 312 g/mol. The number of hydrogen-bond acceptors (Lipinski definition) is 2. The quantitative estimate of drug-likeness (QED) is 0.898. The Hall–Kier alpha value is -0.540. The van der Waals surface area contributed by atoms with E-state index < -0.39 is 0 Å². The van der Waals surface area contributed by atoms with Crippen molar-refractivity contribution in [1.82, 2.24) is 5.32 Å². The summed E-state index contributed by atoms with van der Waals surface area (Å²) in [5.41, 5.74) is 4.04. The fourth-order valence-corrected chi connectivity index (χ4v) is 3.58. The number of benzene rings is 1. The predicted octanol–water partition coefficient (Wildman–Crippen LogP) is 4.31. The number of methoxy groups -OCH3 is 1. The number of aryl methyl sites for hydroxylation is 1. The number of rotatable bonds is 3. The van der Waals surface area contributed by atoms with Gasteiger partial charge < -0.3 is 10.1 Å². The SMILES string of the molecule is CCNC1CCC(C)c2c(OC)cc(C)c(Br)c21. The van der Waals surface area contributed by atoms with Crippen molar-refractivity contribution >= 4 is 15.9 Å². The largest absolute Gasteiger partial charge is 0.496 e. The van der Waals surface area contributed by atoms with Crippen molar-refractivity contribution in [2.75, 3.05) is 13.7 Å². The number of ether oxygens (including phenoxy) is 1. The van der Waals surface area contributed by atoms with Gasteiger partial charge in [-0.2, -0.15) is 0 Å². The molecule has 0 heterocycles. The van der Waals surface area contributed by atoms with Gasteiger partial charge in [0.25, 0.3) is 0 Å². The van der Waals surface area contributed by atoms with Crippen molar-refractivity contribution in [2.45, 2.75) is 45.6 Å². The van der Waals surface area contributed by atoms with Crippen LogP contribution in [0.5, 0.6) is 5.75 Å². The first-order valence-corrected chi connectivity index (χ1v) is 7.49. The van der Waals surface area contributed by atoms with E-state index in [4.69, 9.17) is 4.74 Å². The zero-order valence-electron chi connectivity index (χ0n) is 11.6. The molecule has 1 aliphatic carbocycles. The van der Waals surface area contributed by atoms with Gasteiger partial charge in [0.2, 0.25) is 0 Å². The molecule has 0 saturated carbocycles. The Bertz CT molecular complexity index is 445. The Labute approximate surface area is 118 Å². The summed E-state index contributed by atoms with van der Waals surface area (Å²) in [4.78, 5) is 0. The third-order valence-electron chi connectivity index (χ3n) is 3.89. The summed E-state index contributed by atoms with van der Waals surface area (Å²) in [6.07, 6.45) is 2.42. The molecule has 0 radical (unpaired) electrons. The van der Waals surface area contributed by atoms with Crippen molar-refractivity contribution in [3.05, 3.63) is 27.2 Å². The summed E-state index contributed by atoms with van der Waals surface area (Å²) in [5.74, 6) is 1.61. The molecule has 2 atom stereocenters. The molecule has 1 N–H and O–H groups in total. The van der Waals surface area contributed by atoms with Gasteiger partial charge in [0, 0.05) is 16.1 Å². The maximum Gasteiger partial charge on any atom is 0.122 e. The third kappa shape index (κ3) is 2.30. The summed E-state index contributed by atoms with van der Waals surface area (Å²) >= 11 is 3.77. The fraction of sp³-hybridized carbons (Fsp3) is 0.600. The second kappa shape index (κ2) is 5.62. The van der Waals surface area contributed by atoms with E-state index >= 15 is 0 Å². The lowest BCUT2D eigenvalue weighted by molar-refractivity contribution is 0.383. The van der Waals surface area contributed by atoms with E-state index in [1.807, 2.05) is 0 Å². The maximum absolute atomic E-state index is 5.60. The average Bonchev–Trinajstić information content (AvgIpc) is 2.36. The molecule has 0 amide bonds. The van der Waals surface area contributed by atoms with Gasteiger partial charge in [0.1, 0.15) is 5.75 Å². The highest BCUT2D eigenvalue weighted by Crippen LogP contribution is 2.46. The molecule has 3 heteroatoms. The van der Waals surface area contributed by atoms with Gasteiger partial charge in [0.05, 0.1) is 7.11 Å². The van der Waals surface area contributed by atoms with Crippen molar-refractivity contribution in [3.8, 4) is 5.75 Å². The number of halogens is 1. The first-order valence-electron chi connectivity index (χ1n) is 6.70. The first-order chi connectivity index (χ1) is 8.60. The second-order valence-electron chi connectivity index (χ2n) is 5.13. The second-order valence-corrected chi connectivity index (χ2v) is 5.92. The summed E-state index contributed by atoms with van der Waals surface area (Å²) in [6.45, 7) is 7.60. The topological polar surface area (TPSA) is 21.3 Å². The summed E-state index contributed by atoms with van der Waals surface area (Å²) < 4.78 is 6.84. The normalized spacial score (nSPS) is 22.7. The molecule has 100 valence electrons. The minimum Gasteiger partial charge on any atom is -0.496 e. The van der Waals surface area contributed by atoms with Gasteiger partial charge in [0.15, 0.2) is 0 Å². The van der Waals surface area contributed by atoms with Crippen molar-refractivity contribution in [3.63, 3.8) is 0 Å². The molecule has 0 spiro atoms. The van der Waals surface area contributed by atoms with Gasteiger partial charge in [-0.25, -0.2) is 0 Å². The van der Waals surface area contributed by atoms with Crippen molar-refractivity contribution in [2.24, 2.45) is 0 Å². The lowest BCUT2D eigenvalue weighted by Crippen LogP contribution is -2.27. The van der Waals surface area contributed by atoms with Crippen LogP contribution >= 0.6 is 15.9 Å². The Morgan fingerprint density at radius 3 is 2.72 bits per heavy atom. The highest BCUT2D eigenvalue weighted by atomic mass is 79.9. The van der Waals surface area contributed by atoms with Gasteiger partial charge in [-0.1, -0.05) is 29.8 Å². The first kappa shape index (κ1) is 13.9. The van der Waals surface area contributed by atoms with Crippen LogP contribution < -0.4 is 10.1 Å². The maximum atomic E-state index is 5.60. The zero-order chi connectivity index (χ0) is 13.3. The summed E-state index contributed by atoms with van der Waals surface area (Å²) in [7, 11) is 1.77. The number of hydrogen-bond donors (Lipinski definition) is 1.